The smallest absolute Gasteiger partial charge is 0.216 e. The lowest BCUT2D eigenvalue weighted by atomic mass is 9.95. The number of aromatic nitrogens is 1. The molecule has 2 nitrogen and oxygen atoms in total. The van der Waals surface area contributed by atoms with Crippen LogP contribution >= 0.6 is 0 Å². The third-order valence-electron chi connectivity index (χ3n) is 5.97. The molecule has 0 fully saturated rings. The van der Waals surface area contributed by atoms with Crippen LogP contribution in [0.15, 0.2) is 59.0 Å². The van der Waals surface area contributed by atoms with Gasteiger partial charge in [-0.3, -0.25) is 0 Å². The molecule has 0 saturated heterocycles. The van der Waals surface area contributed by atoms with Gasteiger partial charge < -0.3 is 4.42 Å². The molecule has 138 valence electrons. The Bertz CT molecular complexity index is 1410. The van der Waals surface area contributed by atoms with E-state index in [0.29, 0.717) is 11.1 Å². The number of nitrogens with zero attached hydrogens (tertiary/aromatic N) is 1. The Morgan fingerprint density at radius 2 is 1.61 bits per heavy atom. The molecular weight excluding hydrogens is 349 g/mol. The van der Waals surface area contributed by atoms with Crippen molar-refractivity contribution in [2.45, 2.75) is 20.8 Å². The third kappa shape index (κ3) is 2.22. The number of pyridine rings is 1. The highest BCUT2D eigenvalue weighted by Gasteiger charge is 2.24. The first-order chi connectivity index (χ1) is 13.5. The zero-order chi connectivity index (χ0) is 19.6. The molecule has 0 aliphatic heterocycles. The van der Waals surface area contributed by atoms with E-state index in [1.807, 2.05) is 6.07 Å². The highest BCUT2D eigenvalue weighted by molar-refractivity contribution is 6.11. The monoisotopic (exact) mass is 370 g/mol. The van der Waals surface area contributed by atoms with Crippen LogP contribution in [0.2, 0.25) is 0 Å². The summed E-state index contributed by atoms with van der Waals surface area (Å²) in [5.41, 5.74) is 7.69. The zero-order valence-corrected chi connectivity index (χ0v) is 16.4. The molecule has 0 radical (unpaired) electrons. The van der Waals surface area contributed by atoms with Gasteiger partial charge in [-0.15, -0.1) is 0 Å². The predicted molar refractivity (Wildman–Crippen MR) is 112 cm³/mol. The molecule has 0 aliphatic rings. The van der Waals surface area contributed by atoms with Gasteiger partial charge in [0.1, 0.15) is 24.0 Å². The lowest BCUT2D eigenvalue weighted by molar-refractivity contribution is -0.633. The maximum Gasteiger partial charge on any atom is 0.216 e. The van der Waals surface area contributed by atoms with Crippen LogP contribution in [0, 0.1) is 26.6 Å². The number of para-hydroxylation sites is 1. The van der Waals surface area contributed by atoms with E-state index < -0.39 is 0 Å². The molecule has 3 heteroatoms. The molecule has 0 saturated carbocycles. The minimum absolute atomic E-state index is 0.238. The van der Waals surface area contributed by atoms with E-state index >= 15 is 0 Å². The number of fused-ring (bicyclic) bond motifs is 4. The van der Waals surface area contributed by atoms with Gasteiger partial charge in [0, 0.05) is 33.9 Å². The molecular formula is C25H21FNO+. The summed E-state index contributed by atoms with van der Waals surface area (Å²) in [5.74, 6) is -0.238. The minimum Gasteiger partial charge on any atom is -0.455 e. The van der Waals surface area contributed by atoms with Crippen molar-refractivity contribution in [3.05, 3.63) is 77.1 Å². The van der Waals surface area contributed by atoms with Crippen LogP contribution in [-0.2, 0) is 7.05 Å². The van der Waals surface area contributed by atoms with Crippen LogP contribution in [0.1, 0.15) is 16.7 Å². The Labute approximate surface area is 162 Å². The van der Waals surface area contributed by atoms with Crippen molar-refractivity contribution in [3.63, 3.8) is 0 Å². The highest BCUT2D eigenvalue weighted by atomic mass is 19.1. The molecule has 0 spiro atoms. The molecule has 3 aromatic carbocycles. The number of furan rings is 1. The van der Waals surface area contributed by atoms with Crippen molar-refractivity contribution in [3.8, 4) is 11.3 Å². The van der Waals surface area contributed by atoms with Gasteiger partial charge in [0.25, 0.3) is 0 Å². The molecule has 0 N–H and O–H groups in total. The van der Waals surface area contributed by atoms with E-state index in [2.05, 4.69) is 67.9 Å². The standard InChI is InChI=1S/C25H21FNO/c1-14-13-19-18-10-11-20(26)16(3)24(18)28-25(19)23(15(14)2)22-12-9-17-7-5-6-8-21(17)27(22)4/h5-13H,1-4H3/q+1. The Hall–Kier alpha value is -3.20. The first kappa shape index (κ1) is 16.9. The van der Waals surface area contributed by atoms with Crippen LogP contribution in [0.3, 0.4) is 0 Å². The van der Waals surface area contributed by atoms with Crippen LogP contribution < -0.4 is 4.57 Å². The number of hydrogen-bond acceptors (Lipinski definition) is 1. The second kappa shape index (κ2) is 5.90. The van der Waals surface area contributed by atoms with Gasteiger partial charge in [-0.2, -0.15) is 4.57 Å². The van der Waals surface area contributed by atoms with E-state index in [4.69, 9.17) is 4.42 Å². The molecule has 5 rings (SSSR count). The summed E-state index contributed by atoms with van der Waals surface area (Å²) in [5, 5.41) is 3.18. The molecule has 2 heterocycles. The van der Waals surface area contributed by atoms with Gasteiger partial charge in [0.15, 0.2) is 0 Å². The summed E-state index contributed by atoms with van der Waals surface area (Å²) in [6, 6.07) is 18.1. The van der Waals surface area contributed by atoms with E-state index in [-0.39, 0.29) is 5.82 Å². The molecule has 0 amide bonds. The van der Waals surface area contributed by atoms with Crippen LogP contribution in [0.4, 0.5) is 4.39 Å². The van der Waals surface area contributed by atoms with Crippen LogP contribution in [0.5, 0.6) is 0 Å². The van der Waals surface area contributed by atoms with Crippen molar-refractivity contribution in [2.24, 2.45) is 7.05 Å². The van der Waals surface area contributed by atoms with Gasteiger partial charge >= 0.3 is 0 Å². The molecule has 0 unspecified atom stereocenters. The first-order valence-corrected chi connectivity index (χ1v) is 9.47. The summed E-state index contributed by atoms with van der Waals surface area (Å²) in [7, 11) is 2.08. The van der Waals surface area contributed by atoms with Gasteiger partial charge in [-0.05, 0) is 62.2 Å². The highest BCUT2D eigenvalue weighted by Crippen LogP contribution is 2.40. The minimum atomic E-state index is -0.238. The number of hydrogen-bond donors (Lipinski definition) is 0. The molecule has 28 heavy (non-hydrogen) atoms. The van der Waals surface area contributed by atoms with Crippen LogP contribution in [-0.4, -0.2) is 0 Å². The maximum atomic E-state index is 14.1. The predicted octanol–water partition coefficient (Wildman–Crippen LogP) is 6.30. The van der Waals surface area contributed by atoms with Gasteiger partial charge in [-0.25, -0.2) is 4.39 Å². The van der Waals surface area contributed by atoms with E-state index in [1.165, 1.54) is 22.6 Å². The number of rotatable bonds is 1. The Morgan fingerprint density at radius 3 is 2.43 bits per heavy atom. The Balaban J connectivity index is 1.96. The lowest BCUT2D eigenvalue weighted by Gasteiger charge is -2.10. The van der Waals surface area contributed by atoms with Gasteiger partial charge in [0.2, 0.25) is 11.2 Å². The molecule has 0 aliphatic carbocycles. The maximum absolute atomic E-state index is 14.1. The summed E-state index contributed by atoms with van der Waals surface area (Å²) >= 11 is 0. The fraction of sp³-hybridized carbons (Fsp3) is 0.160. The normalized spacial score (nSPS) is 11.8. The van der Waals surface area contributed by atoms with Crippen molar-refractivity contribution >= 4 is 32.8 Å². The Morgan fingerprint density at radius 1 is 0.821 bits per heavy atom. The van der Waals surface area contributed by atoms with Gasteiger partial charge in [-0.1, -0.05) is 12.1 Å². The lowest BCUT2D eigenvalue weighted by Crippen LogP contribution is -2.32. The Kier molecular flexibility index (Phi) is 3.57. The molecule has 0 bridgehead atoms. The van der Waals surface area contributed by atoms with E-state index in [9.17, 15) is 4.39 Å². The molecule has 5 aromatic rings. The first-order valence-electron chi connectivity index (χ1n) is 9.47. The fourth-order valence-electron chi connectivity index (χ4n) is 4.22. The number of benzene rings is 3. The quantitative estimate of drug-likeness (QED) is 0.317. The SMILES string of the molecule is Cc1cc2c(oc3c(C)c(F)ccc32)c(-c2ccc3ccccc3[n+]2C)c1C. The van der Waals surface area contributed by atoms with Gasteiger partial charge in [0.05, 0.1) is 5.56 Å². The summed E-state index contributed by atoms with van der Waals surface area (Å²) in [6.45, 7) is 6.02. The van der Waals surface area contributed by atoms with E-state index in [0.717, 1.165) is 33.1 Å². The molecule has 0 atom stereocenters. The van der Waals surface area contributed by atoms with Crippen molar-refractivity contribution in [2.75, 3.05) is 0 Å². The second-order valence-electron chi connectivity index (χ2n) is 7.56. The van der Waals surface area contributed by atoms with Crippen molar-refractivity contribution < 1.29 is 13.4 Å². The third-order valence-corrected chi connectivity index (χ3v) is 5.97. The zero-order valence-electron chi connectivity index (χ0n) is 16.4. The van der Waals surface area contributed by atoms with E-state index in [1.54, 1.807) is 6.92 Å². The number of aryl methyl sites for hydroxylation is 3. The molecule has 2 aromatic heterocycles. The topological polar surface area (TPSA) is 17.0 Å². The summed E-state index contributed by atoms with van der Waals surface area (Å²) < 4.78 is 22.6. The van der Waals surface area contributed by atoms with Crippen LogP contribution in [0.25, 0.3) is 44.1 Å². The summed E-state index contributed by atoms with van der Waals surface area (Å²) in [6.07, 6.45) is 0. The van der Waals surface area contributed by atoms with Crippen molar-refractivity contribution in [1.29, 1.82) is 0 Å². The average molecular weight is 370 g/mol. The number of halogens is 1. The summed E-state index contributed by atoms with van der Waals surface area (Å²) in [4.78, 5) is 0. The second-order valence-corrected chi connectivity index (χ2v) is 7.56. The average Bonchev–Trinajstić information content (AvgIpc) is 3.06. The fourth-order valence-corrected chi connectivity index (χ4v) is 4.22. The largest absolute Gasteiger partial charge is 0.455 e. The van der Waals surface area contributed by atoms with Crippen molar-refractivity contribution in [1.82, 2.24) is 0 Å².